The number of hydrogen-bond donors (Lipinski definition) is 0. The van der Waals surface area contributed by atoms with Gasteiger partial charge in [0, 0.05) is 26.8 Å². The smallest absolute Gasteiger partial charge is 0.417 e. The molecule has 10 nitrogen and oxygen atoms in total. The molecule has 232 valence electrons. The topological polar surface area (TPSA) is 115 Å². The molecule has 43 heavy (non-hydrogen) atoms. The van der Waals surface area contributed by atoms with Crippen molar-refractivity contribution in [2.75, 3.05) is 31.8 Å². The van der Waals surface area contributed by atoms with E-state index < -0.39 is 56.0 Å². The monoisotopic (exact) mass is 663 g/mol. The highest BCUT2D eigenvalue weighted by atomic mass is 35.5. The largest absolute Gasteiger partial charge is 0.461 e. The minimum absolute atomic E-state index is 0.000174. The Morgan fingerprint density at radius 3 is 2.40 bits per heavy atom. The van der Waals surface area contributed by atoms with Crippen molar-refractivity contribution in [2.24, 2.45) is 0 Å². The van der Waals surface area contributed by atoms with Gasteiger partial charge in [-0.3, -0.25) is 14.4 Å². The van der Waals surface area contributed by atoms with Gasteiger partial charge < -0.3 is 9.47 Å². The van der Waals surface area contributed by atoms with Crippen molar-refractivity contribution in [1.29, 1.82) is 0 Å². The number of halogens is 5. The van der Waals surface area contributed by atoms with Gasteiger partial charge in [-0.05, 0) is 36.2 Å². The molecule has 0 aliphatic heterocycles. The molecule has 0 aliphatic carbocycles. The van der Waals surface area contributed by atoms with Crippen molar-refractivity contribution in [2.45, 2.75) is 30.5 Å². The molecule has 0 saturated carbocycles. The van der Waals surface area contributed by atoms with Gasteiger partial charge in [-0.1, -0.05) is 53.5 Å². The number of carbonyl (C=O) groups is 2. The van der Waals surface area contributed by atoms with E-state index in [0.717, 1.165) is 42.1 Å². The molecule has 3 rings (SSSR count). The van der Waals surface area contributed by atoms with Crippen LogP contribution in [-0.4, -0.2) is 57.8 Å². The second-order valence-corrected chi connectivity index (χ2v) is 11.5. The zero-order valence-electron chi connectivity index (χ0n) is 22.8. The molecule has 2 aromatic carbocycles. The van der Waals surface area contributed by atoms with Gasteiger partial charge in [0.1, 0.15) is 13.3 Å². The van der Waals surface area contributed by atoms with Gasteiger partial charge in [0.25, 0.3) is 15.9 Å². The number of hydrogen-bond acceptors (Lipinski definition) is 8. The van der Waals surface area contributed by atoms with Crippen molar-refractivity contribution in [1.82, 2.24) is 10.0 Å². The molecule has 0 bridgehead atoms. The number of anilines is 1. The van der Waals surface area contributed by atoms with Gasteiger partial charge in [-0.15, -0.1) is 0 Å². The maximum Gasteiger partial charge on any atom is 0.417 e. The van der Waals surface area contributed by atoms with E-state index in [0.29, 0.717) is 10.4 Å². The molecule has 0 unspecified atom stereocenters. The van der Waals surface area contributed by atoms with Crippen molar-refractivity contribution >= 4 is 50.8 Å². The first kappa shape index (κ1) is 34.1. The number of alkyl halides is 3. The number of benzene rings is 2. The van der Waals surface area contributed by atoms with Crippen LogP contribution in [0.5, 0.6) is 0 Å². The molecule has 0 atom stereocenters. The summed E-state index contributed by atoms with van der Waals surface area (Å²) in [6.45, 7) is -0.695. The quantitative estimate of drug-likeness (QED) is 0.0985. The predicted molar refractivity (Wildman–Crippen MR) is 151 cm³/mol. The Hall–Kier alpha value is -3.43. The zero-order valence-corrected chi connectivity index (χ0v) is 25.1. The number of pyridine rings is 1. The van der Waals surface area contributed by atoms with E-state index in [4.69, 9.17) is 37.5 Å². The minimum Gasteiger partial charge on any atom is -0.461 e. The summed E-state index contributed by atoms with van der Waals surface area (Å²) in [4.78, 5) is 33.8. The Bertz CT molecular complexity index is 1540. The summed E-state index contributed by atoms with van der Waals surface area (Å²) in [5.41, 5.74) is -1.39. The van der Waals surface area contributed by atoms with E-state index in [9.17, 15) is 31.2 Å². The van der Waals surface area contributed by atoms with E-state index in [2.05, 4.69) is 4.98 Å². The van der Waals surface area contributed by atoms with Crippen LogP contribution in [0, 0.1) is 0 Å². The van der Waals surface area contributed by atoms with E-state index in [1.54, 1.807) is 0 Å². The summed E-state index contributed by atoms with van der Waals surface area (Å²) in [5.74, 6) is -1.39. The number of methoxy groups -OCH3 is 1. The number of sulfonamides is 1. The van der Waals surface area contributed by atoms with Crippen LogP contribution in [0.2, 0.25) is 10.0 Å². The van der Waals surface area contributed by atoms with Crippen LogP contribution in [-0.2, 0) is 41.9 Å². The third-order valence-corrected chi connectivity index (χ3v) is 7.99. The van der Waals surface area contributed by atoms with Gasteiger partial charge in [0.15, 0.2) is 5.69 Å². The summed E-state index contributed by atoms with van der Waals surface area (Å²) in [6, 6.07) is 12.2. The average Bonchev–Trinajstić information content (AvgIpc) is 2.96. The maximum absolute atomic E-state index is 13.6. The summed E-state index contributed by atoms with van der Waals surface area (Å²) >= 11 is 11.7. The Morgan fingerprint density at radius 1 is 1.05 bits per heavy atom. The van der Waals surface area contributed by atoms with Crippen LogP contribution in [0.15, 0.2) is 65.7 Å². The van der Waals surface area contributed by atoms with Gasteiger partial charge in [0.2, 0.25) is 0 Å². The normalized spacial score (nSPS) is 11.7. The molecule has 1 heterocycles. The Balaban J connectivity index is 1.76. The summed E-state index contributed by atoms with van der Waals surface area (Å²) < 4.78 is 78.2. The van der Waals surface area contributed by atoms with Crippen LogP contribution >= 0.6 is 23.2 Å². The minimum atomic E-state index is -4.94. The lowest BCUT2D eigenvalue weighted by atomic mass is 10.2. The van der Waals surface area contributed by atoms with Crippen LogP contribution < -0.4 is 4.31 Å². The van der Waals surface area contributed by atoms with Crippen LogP contribution in [0.1, 0.15) is 34.5 Å². The predicted octanol–water partition coefficient (Wildman–Crippen LogP) is 5.73. The number of aromatic nitrogens is 1. The number of carbonyl (C=O) groups excluding carboxylic acids is 2. The van der Waals surface area contributed by atoms with E-state index in [1.807, 2.05) is 30.3 Å². The number of esters is 1. The fourth-order valence-electron chi connectivity index (χ4n) is 3.61. The lowest BCUT2D eigenvalue weighted by molar-refractivity contribution is -0.146. The standard InChI is InChI=1S/C27H26Cl2F3N3O7S/c1-34(42-12-6-9-24(36)41-16-18-7-4-3-5-8-18)26(37)25-23(13-19(28)15-33-25)35(17-40-2)43(38,39)20-10-11-22(29)21(14-20)27(30,31)32/h3-5,7-8,10-11,13-15H,6,9,12,16-17H2,1-2H3. The second kappa shape index (κ2) is 14.8. The van der Waals surface area contributed by atoms with Crippen LogP contribution in [0.4, 0.5) is 18.9 Å². The van der Waals surface area contributed by atoms with Gasteiger partial charge in [-0.2, -0.15) is 13.2 Å². The van der Waals surface area contributed by atoms with Gasteiger partial charge in [0.05, 0.1) is 32.8 Å². The fourth-order valence-corrected chi connectivity index (χ4v) is 5.39. The first-order chi connectivity index (χ1) is 20.3. The molecule has 0 N–H and O–H groups in total. The molecule has 1 aromatic heterocycles. The molecule has 16 heteroatoms. The zero-order chi connectivity index (χ0) is 31.8. The molecular weight excluding hydrogens is 638 g/mol. The molecule has 0 aliphatic rings. The summed E-state index contributed by atoms with van der Waals surface area (Å²) in [6.07, 6.45) is -3.67. The highest BCUT2D eigenvalue weighted by Crippen LogP contribution is 2.37. The van der Waals surface area contributed by atoms with Gasteiger partial charge in [-0.25, -0.2) is 22.8 Å². The molecule has 0 fully saturated rings. The van der Waals surface area contributed by atoms with Crippen molar-refractivity contribution in [3.05, 3.63) is 87.7 Å². The van der Waals surface area contributed by atoms with E-state index in [1.165, 1.54) is 7.05 Å². The lowest BCUT2D eigenvalue weighted by Crippen LogP contribution is -2.36. The summed E-state index contributed by atoms with van der Waals surface area (Å²) in [5, 5.41) is -0.00255. The third-order valence-electron chi connectivity index (χ3n) is 5.72. The van der Waals surface area contributed by atoms with Crippen molar-refractivity contribution in [3.8, 4) is 0 Å². The lowest BCUT2D eigenvalue weighted by Gasteiger charge is -2.26. The molecule has 1 amide bonds. The highest BCUT2D eigenvalue weighted by molar-refractivity contribution is 7.92. The Morgan fingerprint density at radius 2 is 1.74 bits per heavy atom. The fraction of sp³-hybridized carbons (Fsp3) is 0.296. The van der Waals surface area contributed by atoms with Gasteiger partial charge >= 0.3 is 12.1 Å². The molecular formula is C27H26Cl2F3N3O7S. The molecule has 0 saturated heterocycles. The first-order valence-corrected chi connectivity index (χ1v) is 14.6. The first-order valence-electron chi connectivity index (χ1n) is 12.4. The number of ether oxygens (including phenoxy) is 2. The van der Waals surface area contributed by atoms with Crippen LogP contribution in [0.3, 0.4) is 0 Å². The average molecular weight is 664 g/mol. The Kier molecular flexibility index (Phi) is 11.8. The number of hydroxylamine groups is 2. The van der Waals surface area contributed by atoms with Crippen molar-refractivity contribution in [3.63, 3.8) is 0 Å². The van der Waals surface area contributed by atoms with Crippen molar-refractivity contribution < 1.29 is 45.5 Å². The maximum atomic E-state index is 13.6. The SMILES string of the molecule is COCN(c1cc(Cl)cnc1C(=O)N(C)OCCCC(=O)OCc1ccccc1)S(=O)(=O)c1ccc(Cl)c(C(F)(F)F)c1. The molecule has 0 spiro atoms. The van der Waals surface area contributed by atoms with E-state index in [-0.39, 0.29) is 36.8 Å². The second-order valence-electron chi connectivity index (χ2n) is 8.82. The number of nitrogens with zero attached hydrogens (tertiary/aromatic N) is 3. The number of amides is 1. The Labute approximate surface area is 255 Å². The van der Waals surface area contributed by atoms with E-state index >= 15 is 0 Å². The molecule has 3 aromatic rings. The summed E-state index contributed by atoms with van der Waals surface area (Å²) in [7, 11) is -2.40. The highest BCUT2D eigenvalue weighted by Gasteiger charge is 2.37. The van der Waals surface area contributed by atoms with Crippen LogP contribution in [0.25, 0.3) is 0 Å². The third kappa shape index (κ3) is 9.03. The molecule has 0 radical (unpaired) electrons. The number of rotatable bonds is 13.